The van der Waals surface area contributed by atoms with Crippen molar-refractivity contribution in [3.63, 3.8) is 0 Å². The molecule has 2 aliphatic rings. The molecule has 0 aromatic heterocycles. The Kier molecular flexibility index (Phi) is 8.09. The van der Waals surface area contributed by atoms with Crippen molar-refractivity contribution in [1.82, 2.24) is 0 Å². The number of nitrogens with zero attached hydrogens (tertiary/aromatic N) is 2. The number of terminal acetylenes is 1. The molecule has 1 atom stereocenters. The summed E-state index contributed by atoms with van der Waals surface area (Å²) in [4.78, 5) is 5.00. The molecule has 1 unspecified atom stereocenters. The van der Waals surface area contributed by atoms with Gasteiger partial charge in [0.1, 0.15) is 12.1 Å². The van der Waals surface area contributed by atoms with Crippen molar-refractivity contribution in [2.75, 3.05) is 25.5 Å². The first kappa shape index (κ1) is 31.0. The summed E-state index contributed by atoms with van der Waals surface area (Å²) in [6, 6.07) is 29.3. The van der Waals surface area contributed by atoms with Gasteiger partial charge in [-0.2, -0.15) is 4.58 Å². The van der Waals surface area contributed by atoms with Gasteiger partial charge in [0.05, 0.1) is 4.90 Å². The smallest absolute Gasteiger partial charge is 0.236 e. The summed E-state index contributed by atoms with van der Waals surface area (Å²) in [5.41, 5.74) is 9.94. The summed E-state index contributed by atoms with van der Waals surface area (Å²) in [5, 5.41) is 6.90. The Balaban J connectivity index is 0.000000664. The minimum Gasteiger partial charge on any atom is -0.378 e. The van der Waals surface area contributed by atoms with Crippen LogP contribution in [0.3, 0.4) is 0 Å². The Hall–Kier alpha value is -4.00. The predicted octanol–water partition coefficient (Wildman–Crippen LogP) is 3.76. The predicted molar refractivity (Wildman–Crippen MR) is 175 cm³/mol. The van der Waals surface area contributed by atoms with Crippen molar-refractivity contribution in [2.24, 2.45) is 0 Å². The summed E-state index contributed by atoms with van der Waals surface area (Å²) in [7, 11) is -0.990. The molecule has 1 aliphatic heterocycles. The first-order valence-corrected chi connectivity index (χ1v) is 17.1. The van der Waals surface area contributed by atoms with E-state index in [1.54, 1.807) is 0 Å². The number of hydrogen-bond acceptors (Lipinski definition) is 5. The molecule has 8 heteroatoms. The minimum absolute atomic E-state index is 0.185. The topological polar surface area (TPSA) is 98.5 Å². The van der Waals surface area contributed by atoms with Crippen LogP contribution in [0.1, 0.15) is 36.1 Å². The Morgan fingerprint density at radius 1 is 0.844 bits per heavy atom. The Morgan fingerprint density at radius 3 is 2.11 bits per heavy atom. The Morgan fingerprint density at radius 2 is 1.49 bits per heavy atom. The second-order valence-electron chi connectivity index (χ2n) is 11.4. The normalized spacial score (nSPS) is 16.1. The average molecular weight is 637 g/mol. The minimum atomic E-state index is -4.94. The zero-order valence-electron chi connectivity index (χ0n) is 25.8. The highest BCUT2D eigenvalue weighted by molar-refractivity contribution is 8.29. The molecule has 1 heterocycles. The monoisotopic (exact) mass is 636 g/mol. The second-order valence-corrected chi connectivity index (χ2v) is 14.3. The van der Waals surface area contributed by atoms with Gasteiger partial charge in [-0.25, -0.2) is 18.6 Å². The molecule has 228 valence electrons. The molecule has 1 aliphatic carbocycles. The van der Waals surface area contributed by atoms with Gasteiger partial charge in [0.15, 0.2) is 0 Å². The highest BCUT2D eigenvalue weighted by Gasteiger charge is 2.37. The maximum absolute atomic E-state index is 8.49. The molecule has 6 nitrogen and oxygen atoms in total. The Labute approximate surface area is 268 Å². The second kappa shape index (κ2) is 11.7. The molecule has 5 aromatic carbocycles. The van der Waals surface area contributed by atoms with E-state index in [1.165, 1.54) is 64.4 Å². The lowest BCUT2D eigenvalue weighted by molar-refractivity contribution is -2.00. The number of halogens is 1. The van der Waals surface area contributed by atoms with Gasteiger partial charge in [0.25, 0.3) is 0 Å². The zero-order valence-corrected chi connectivity index (χ0v) is 27.4. The van der Waals surface area contributed by atoms with E-state index in [0.717, 1.165) is 29.7 Å². The fourth-order valence-corrected chi connectivity index (χ4v) is 9.39. The van der Waals surface area contributed by atoms with E-state index in [2.05, 4.69) is 129 Å². The van der Waals surface area contributed by atoms with Crippen LogP contribution in [0, 0.1) is 29.5 Å². The van der Waals surface area contributed by atoms with Crippen LogP contribution >= 0.6 is 10.5 Å². The molecule has 0 spiro atoms. The number of anilines is 1. The van der Waals surface area contributed by atoms with E-state index in [0.29, 0.717) is 0 Å². The van der Waals surface area contributed by atoms with Crippen LogP contribution in [-0.2, 0) is 6.42 Å². The fraction of sp³-hybridized carbons (Fsp3) is 0.189. The zero-order chi connectivity index (χ0) is 32.2. The number of benzene rings is 5. The summed E-state index contributed by atoms with van der Waals surface area (Å²) in [6.45, 7) is 7.72. The lowest BCUT2D eigenvalue weighted by Crippen LogP contribution is -2.68. The van der Waals surface area contributed by atoms with Crippen molar-refractivity contribution in [3.8, 4) is 23.5 Å². The van der Waals surface area contributed by atoms with Crippen LogP contribution in [0.4, 0.5) is 11.4 Å². The van der Waals surface area contributed by atoms with Crippen LogP contribution in [0.15, 0.2) is 83.8 Å². The molecule has 0 fully saturated rings. The average Bonchev–Trinajstić information content (AvgIpc) is 3.30. The van der Waals surface area contributed by atoms with Gasteiger partial charge in [-0.15, -0.1) is 16.7 Å². The van der Waals surface area contributed by atoms with Crippen molar-refractivity contribution in [1.29, 1.82) is 0 Å². The Bertz CT molecular complexity index is 2110. The van der Waals surface area contributed by atoms with Crippen LogP contribution < -0.4 is 23.5 Å². The lowest BCUT2D eigenvalue weighted by atomic mass is 9.84. The lowest BCUT2D eigenvalue weighted by Gasteiger charge is -2.24. The van der Waals surface area contributed by atoms with E-state index in [4.69, 9.17) is 25.1 Å². The van der Waals surface area contributed by atoms with Gasteiger partial charge in [0, 0.05) is 43.6 Å². The van der Waals surface area contributed by atoms with E-state index in [1.807, 2.05) is 0 Å². The first-order chi connectivity index (χ1) is 21.4. The summed E-state index contributed by atoms with van der Waals surface area (Å²) >= 11 is 0. The third-order valence-electron chi connectivity index (χ3n) is 8.71. The third-order valence-corrected chi connectivity index (χ3v) is 11.2. The van der Waals surface area contributed by atoms with Crippen molar-refractivity contribution in [2.45, 2.75) is 32.1 Å². The van der Waals surface area contributed by atoms with E-state index in [-0.39, 0.29) is 10.5 Å². The first-order valence-electron chi connectivity index (χ1n) is 14.6. The van der Waals surface area contributed by atoms with Crippen LogP contribution in [0.25, 0.3) is 32.7 Å². The maximum Gasteiger partial charge on any atom is 0.236 e. The largest absolute Gasteiger partial charge is 0.378 e. The van der Waals surface area contributed by atoms with Crippen LogP contribution in [0.5, 0.6) is 0 Å². The molecule has 0 saturated carbocycles. The standard InChI is InChI=1S/C37H33N2S.ClHO4/c1-7-29-30(25-16-18-28(19-17-25)38(5)6)20-21-33-37(29)39(8-2)24(4)40(33)34-22-32-23(3)12-13-27-15-14-26-10-9-11-31(34)35(26)36(27)32;2-1(3,4)5/h1,9-21H,8,22H2,2-6H3;(H,2,3,4,5)/q+1;/p-1. The maximum atomic E-state index is 8.49. The molecule has 0 N–H and O–H groups in total. The SMILES string of the molecule is C#Cc1c(-c2ccc(N(C)C)cc2)ccc2c1[N+](CC)=C(C)S2=C1Cc2c(C)ccc3ccc4cccc1c4c23.[O-][Cl+3]([O-])([O-])[O-]. The molecule has 5 aromatic rings. The van der Waals surface area contributed by atoms with E-state index < -0.39 is 10.2 Å². The molecular weight excluding hydrogens is 604 g/mol. The highest BCUT2D eigenvalue weighted by atomic mass is 35.7. The van der Waals surface area contributed by atoms with Gasteiger partial charge < -0.3 is 4.90 Å². The van der Waals surface area contributed by atoms with Gasteiger partial charge >= 0.3 is 0 Å². The van der Waals surface area contributed by atoms with Gasteiger partial charge in [-0.3, -0.25) is 0 Å². The van der Waals surface area contributed by atoms with Gasteiger partial charge in [-0.1, -0.05) is 77.1 Å². The number of fused-ring (bicyclic) bond motifs is 1. The van der Waals surface area contributed by atoms with Crippen LogP contribution in [-0.4, -0.2) is 35.1 Å². The number of aryl methyl sites for hydroxylation is 1. The van der Waals surface area contributed by atoms with Gasteiger partial charge in [0.2, 0.25) is 10.7 Å². The molecule has 7 rings (SSSR count). The summed E-state index contributed by atoms with van der Waals surface area (Å²) in [6.07, 6.45) is 7.29. The molecule has 0 amide bonds. The molecule has 0 bridgehead atoms. The van der Waals surface area contributed by atoms with Gasteiger partial charge in [-0.05, 0) is 75.8 Å². The van der Waals surface area contributed by atoms with Crippen molar-refractivity contribution < 1.29 is 33.5 Å². The van der Waals surface area contributed by atoms with Crippen LogP contribution in [0.2, 0.25) is 0 Å². The van der Waals surface area contributed by atoms with E-state index in [9.17, 15) is 0 Å². The highest BCUT2D eigenvalue weighted by Crippen LogP contribution is 2.50. The fourth-order valence-electron chi connectivity index (χ4n) is 6.72. The molecule has 45 heavy (non-hydrogen) atoms. The summed E-state index contributed by atoms with van der Waals surface area (Å²) in [5.74, 6) is 3.13. The number of rotatable bonds is 3. The molecule has 0 radical (unpaired) electrons. The quantitative estimate of drug-likeness (QED) is 0.130. The molecular formula is C37H33ClN2O4S. The van der Waals surface area contributed by atoms with Crippen molar-refractivity contribution >= 4 is 53.3 Å². The van der Waals surface area contributed by atoms with Crippen molar-refractivity contribution in [3.05, 3.63) is 101 Å². The summed E-state index contributed by atoms with van der Waals surface area (Å²) < 4.78 is 36.5. The third kappa shape index (κ3) is 5.44. The number of hydrogen-bond donors (Lipinski definition) is 0. The molecule has 0 saturated heterocycles. The van der Waals surface area contributed by atoms with E-state index >= 15 is 0 Å².